The number of thiophene rings is 1. The van der Waals surface area contributed by atoms with E-state index in [9.17, 15) is 0 Å². The van der Waals surface area contributed by atoms with Crippen molar-refractivity contribution in [2.75, 3.05) is 0 Å². The Morgan fingerprint density at radius 2 is 1.24 bits per heavy atom. The zero-order valence-electron chi connectivity index (χ0n) is 15.9. The van der Waals surface area contributed by atoms with Crippen molar-refractivity contribution in [3.8, 4) is 0 Å². The van der Waals surface area contributed by atoms with Crippen molar-refractivity contribution in [2.24, 2.45) is 7.05 Å². The van der Waals surface area contributed by atoms with Crippen LogP contribution in [-0.2, 0) is 7.05 Å². The summed E-state index contributed by atoms with van der Waals surface area (Å²) >= 11 is 1.89. The summed E-state index contributed by atoms with van der Waals surface area (Å²) in [5, 5.41) is 10.8. The first-order valence-electron chi connectivity index (χ1n) is 9.94. The normalized spacial score (nSPS) is 12.3. The molecule has 5 aromatic carbocycles. The van der Waals surface area contributed by atoms with Crippen LogP contribution < -0.4 is 0 Å². The van der Waals surface area contributed by atoms with E-state index in [1.807, 2.05) is 11.3 Å². The maximum Gasteiger partial charge on any atom is 0.0568 e. The maximum absolute atomic E-state index is 2.35. The smallest absolute Gasteiger partial charge is 0.0568 e. The molecule has 0 bridgehead atoms. The van der Waals surface area contributed by atoms with Gasteiger partial charge in [0.15, 0.2) is 0 Å². The summed E-state index contributed by atoms with van der Waals surface area (Å²) in [6.45, 7) is 0. The van der Waals surface area contributed by atoms with E-state index in [1.165, 1.54) is 63.5 Å². The maximum atomic E-state index is 2.35. The summed E-state index contributed by atoms with van der Waals surface area (Å²) in [6.07, 6.45) is 0. The van der Waals surface area contributed by atoms with Crippen LogP contribution in [0.25, 0.3) is 63.5 Å². The average molecular weight is 388 g/mol. The molecule has 0 aliphatic carbocycles. The zero-order valence-corrected chi connectivity index (χ0v) is 16.8. The van der Waals surface area contributed by atoms with Gasteiger partial charge in [-0.1, -0.05) is 66.7 Å². The van der Waals surface area contributed by atoms with Crippen LogP contribution in [0.1, 0.15) is 0 Å². The molecule has 0 spiro atoms. The van der Waals surface area contributed by atoms with E-state index in [2.05, 4.69) is 96.5 Å². The Hall–Kier alpha value is -3.36. The summed E-state index contributed by atoms with van der Waals surface area (Å²) in [5.41, 5.74) is 2.61. The topological polar surface area (TPSA) is 4.93 Å². The van der Waals surface area contributed by atoms with Crippen molar-refractivity contribution < 1.29 is 0 Å². The molecular weight excluding hydrogens is 370 g/mol. The molecule has 0 N–H and O–H groups in total. The molecule has 2 heterocycles. The summed E-state index contributed by atoms with van der Waals surface area (Å²) in [5.74, 6) is 0. The third-order valence-corrected chi connectivity index (χ3v) is 7.52. The zero-order chi connectivity index (χ0) is 19.1. The second-order valence-corrected chi connectivity index (χ2v) is 8.92. The lowest BCUT2D eigenvalue weighted by molar-refractivity contribution is 1.02. The molecule has 7 rings (SSSR count). The molecule has 1 nitrogen and oxygen atoms in total. The van der Waals surface area contributed by atoms with Crippen LogP contribution in [0.5, 0.6) is 0 Å². The molecule has 29 heavy (non-hydrogen) atoms. The number of nitrogens with zero attached hydrogens (tertiary/aromatic N) is 1. The Bertz CT molecular complexity index is 1760. The highest BCUT2D eigenvalue weighted by Crippen LogP contribution is 2.43. The fourth-order valence-corrected chi connectivity index (χ4v) is 6.24. The first kappa shape index (κ1) is 15.5. The van der Waals surface area contributed by atoms with Crippen LogP contribution in [-0.4, -0.2) is 4.57 Å². The predicted molar refractivity (Wildman–Crippen MR) is 128 cm³/mol. The number of hydrogen-bond donors (Lipinski definition) is 0. The van der Waals surface area contributed by atoms with Crippen molar-refractivity contribution in [3.63, 3.8) is 0 Å². The van der Waals surface area contributed by atoms with Gasteiger partial charge in [0.05, 0.1) is 5.52 Å². The summed E-state index contributed by atoms with van der Waals surface area (Å²) in [6, 6.07) is 31.3. The molecule has 0 saturated heterocycles. The minimum Gasteiger partial charge on any atom is -0.343 e. The van der Waals surface area contributed by atoms with E-state index in [4.69, 9.17) is 0 Å². The lowest BCUT2D eigenvalue weighted by Gasteiger charge is -2.09. The molecule has 0 aliphatic rings. The number of aromatic nitrogens is 1. The van der Waals surface area contributed by atoms with Gasteiger partial charge < -0.3 is 4.57 Å². The molecule has 0 fully saturated rings. The van der Waals surface area contributed by atoms with Gasteiger partial charge in [-0.3, -0.25) is 0 Å². The van der Waals surface area contributed by atoms with Crippen molar-refractivity contribution in [1.82, 2.24) is 4.57 Å². The highest BCUT2D eigenvalue weighted by Gasteiger charge is 2.15. The van der Waals surface area contributed by atoms with Crippen molar-refractivity contribution in [3.05, 3.63) is 84.9 Å². The second kappa shape index (κ2) is 5.37. The van der Waals surface area contributed by atoms with Gasteiger partial charge in [0.2, 0.25) is 0 Å². The lowest BCUT2D eigenvalue weighted by Crippen LogP contribution is -1.88. The van der Waals surface area contributed by atoms with Crippen LogP contribution >= 0.6 is 11.3 Å². The van der Waals surface area contributed by atoms with Crippen molar-refractivity contribution in [1.29, 1.82) is 0 Å². The monoisotopic (exact) mass is 387 g/mol. The lowest BCUT2D eigenvalue weighted by atomic mass is 9.96. The van der Waals surface area contributed by atoms with Crippen LogP contribution in [0.3, 0.4) is 0 Å². The molecule has 2 aromatic heterocycles. The molecule has 0 atom stereocenters. The van der Waals surface area contributed by atoms with Gasteiger partial charge in [0.25, 0.3) is 0 Å². The predicted octanol–water partition coefficient (Wildman–Crippen LogP) is 8.01. The van der Waals surface area contributed by atoms with Crippen LogP contribution in [0.15, 0.2) is 84.9 Å². The molecule has 0 radical (unpaired) electrons. The number of hydrogen-bond acceptors (Lipinski definition) is 1. The first-order chi connectivity index (χ1) is 14.3. The highest BCUT2D eigenvalue weighted by atomic mass is 32.1. The Labute approximate surface area is 171 Å². The van der Waals surface area contributed by atoms with E-state index in [0.29, 0.717) is 0 Å². The number of benzene rings is 5. The van der Waals surface area contributed by atoms with Gasteiger partial charge in [-0.05, 0) is 34.4 Å². The fraction of sp³-hybridized carbons (Fsp3) is 0.0370. The highest BCUT2D eigenvalue weighted by molar-refractivity contribution is 7.26. The summed E-state index contributed by atoms with van der Waals surface area (Å²) < 4.78 is 5.08. The van der Waals surface area contributed by atoms with Gasteiger partial charge in [-0.15, -0.1) is 11.3 Å². The molecule has 0 unspecified atom stereocenters. The van der Waals surface area contributed by atoms with E-state index in [-0.39, 0.29) is 0 Å². The molecular formula is C27H17NS. The van der Waals surface area contributed by atoms with Gasteiger partial charge >= 0.3 is 0 Å². The van der Waals surface area contributed by atoms with Gasteiger partial charge in [0, 0.05) is 48.9 Å². The van der Waals surface area contributed by atoms with Gasteiger partial charge in [-0.2, -0.15) is 0 Å². The Morgan fingerprint density at radius 3 is 2.17 bits per heavy atom. The summed E-state index contributed by atoms with van der Waals surface area (Å²) in [7, 11) is 2.19. The SMILES string of the molecule is Cn1c2ccccc2c2ccc3c(ccc4ccc5sc6ccccc6c5c43)c21. The summed E-state index contributed by atoms with van der Waals surface area (Å²) in [4.78, 5) is 0. The largest absolute Gasteiger partial charge is 0.343 e. The van der Waals surface area contributed by atoms with E-state index < -0.39 is 0 Å². The second-order valence-electron chi connectivity index (χ2n) is 7.83. The molecule has 0 saturated carbocycles. The standard InChI is InChI=1S/C27H17NS/c1-28-22-8-4-2-6-17(22)19-14-13-18-20(27(19)28)12-10-16-11-15-24-26(25(16)18)21-7-3-5-9-23(21)29-24/h2-15H,1H3. The third kappa shape index (κ3) is 1.89. The number of aryl methyl sites for hydroxylation is 1. The Kier molecular flexibility index (Phi) is 2.88. The first-order valence-corrected chi connectivity index (χ1v) is 10.8. The fourth-order valence-electron chi connectivity index (χ4n) is 5.12. The van der Waals surface area contributed by atoms with Crippen molar-refractivity contribution >= 4 is 74.9 Å². The number of para-hydroxylation sites is 1. The third-order valence-electron chi connectivity index (χ3n) is 6.38. The number of fused-ring (bicyclic) bond motifs is 11. The number of rotatable bonds is 0. The Morgan fingerprint density at radius 1 is 0.552 bits per heavy atom. The van der Waals surface area contributed by atoms with Gasteiger partial charge in [0.1, 0.15) is 0 Å². The minimum atomic E-state index is 1.29. The molecule has 7 aromatic rings. The van der Waals surface area contributed by atoms with Crippen LogP contribution in [0.2, 0.25) is 0 Å². The van der Waals surface area contributed by atoms with Crippen molar-refractivity contribution in [2.45, 2.75) is 0 Å². The molecule has 0 aliphatic heterocycles. The quantitative estimate of drug-likeness (QED) is 0.232. The van der Waals surface area contributed by atoms with Crippen LogP contribution in [0.4, 0.5) is 0 Å². The Balaban J connectivity index is 1.79. The molecule has 0 amide bonds. The van der Waals surface area contributed by atoms with E-state index in [1.54, 1.807) is 0 Å². The van der Waals surface area contributed by atoms with E-state index in [0.717, 1.165) is 0 Å². The van der Waals surface area contributed by atoms with Crippen LogP contribution in [0, 0.1) is 0 Å². The van der Waals surface area contributed by atoms with Gasteiger partial charge in [-0.25, -0.2) is 0 Å². The average Bonchev–Trinajstić information content (AvgIpc) is 3.29. The minimum absolute atomic E-state index is 1.29. The van der Waals surface area contributed by atoms with E-state index >= 15 is 0 Å². The molecule has 2 heteroatoms. The molecule has 136 valence electrons.